The van der Waals surface area contributed by atoms with Gasteiger partial charge >= 0.3 is 0 Å². The minimum atomic E-state index is 0.589. The molecule has 56 valence electrons. The quantitative estimate of drug-likeness (QED) is 0.572. The summed E-state index contributed by atoms with van der Waals surface area (Å²) in [4.78, 5) is 0. The fraction of sp³-hybridized carbons (Fsp3) is 0.125. The zero-order chi connectivity index (χ0) is 8.43. The van der Waals surface area contributed by atoms with Gasteiger partial charge in [-0.25, -0.2) is 0 Å². The Balaban J connectivity index is 3.44. The van der Waals surface area contributed by atoms with Gasteiger partial charge in [0.2, 0.25) is 0 Å². The van der Waals surface area contributed by atoms with E-state index in [0.29, 0.717) is 11.3 Å². The number of anilines is 1. The highest BCUT2D eigenvalue weighted by atomic mass is 127. The summed E-state index contributed by atoms with van der Waals surface area (Å²) in [6.45, 7) is 1.90. The highest BCUT2D eigenvalue weighted by Gasteiger charge is 2.04. The molecule has 0 unspecified atom stereocenters. The predicted molar refractivity (Wildman–Crippen MR) is 53.0 cm³/mol. The molecule has 0 fully saturated rings. The normalized spacial score (nSPS) is 9.18. The zero-order valence-electron chi connectivity index (χ0n) is 6.06. The molecule has 1 rings (SSSR count). The van der Waals surface area contributed by atoms with Gasteiger partial charge in [-0.05, 0) is 41.1 Å². The van der Waals surface area contributed by atoms with E-state index >= 15 is 0 Å². The Morgan fingerprint density at radius 1 is 1.55 bits per heavy atom. The van der Waals surface area contributed by atoms with E-state index in [1.54, 1.807) is 0 Å². The van der Waals surface area contributed by atoms with Gasteiger partial charge in [0.1, 0.15) is 6.07 Å². The zero-order valence-corrected chi connectivity index (χ0v) is 8.21. The van der Waals surface area contributed by atoms with Crippen molar-refractivity contribution in [3.8, 4) is 6.07 Å². The Morgan fingerprint density at radius 2 is 2.18 bits per heavy atom. The van der Waals surface area contributed by atoms with Gasteiger partial charge in [-0.2, -0.15) is 5.26 Å². The molecule has 1 aromatic rings. The number of nitrogen functional groups attached to an aromatic ring is 1. The molecule has 0 aromatic heterocycles. The van der Waals surface area contributed by atoms with E-state index in [0.717, 1.165) is 9.13 Å². The molecule has 2 N–H and O–H groups in total. The number of nitrogens with zero attached hydrogens (tertiary/aromatic N) is 1. The lowest BCUT2D eigenvalue weighted by Gasteiger charge is -2.02. The SMILES string of the molecule is Cc1ccc(I)c(C#N)c1N. The lowest BCUT2D eigenvalue weighted by Crippen LogP contribution is -1.95. The van der Waals surface area contributed by atoms with Gasteiger partial charge in [-0.15, -0.1) is 0 Å². The Bertz CT molecular complexity index is 326. The van der Waals surface area contributed by atoms with Crippen LogP contribution in [0.15, 0.2) is 12.1 Å². The topological polar surface area (TPSA) is 49.8 Å². The number of halogens is 1. The van der Waals surface area contributed by atoms with Crippen LogP contribution >= 0.6 is 22.6 Å². The van der Waals surface area contributed by atoms with E-state index < -0.39 is 0 Å². The van der Waals surface area contributed by atoms with Crippen LogP contribution in [0.3, 0.4) is 0 Å². The van der Waals surface area contributed by atoms with Crippen molar-refractivity contribution < 1.29 is 0 Å². The molecule has 0 spiro atoms. The van der Waals surface area contributed by atoms with Gasteiger partial charge in [0.25, 0.3) is 0 Å². The number of aryl methyl sites for hydroxylation is 1. The van der Waals surface area contributed by atoms with Crippen molar-refractivity contribution in [1.82, 2.24) is 0 Å². The minimum Gasteiger partial charge on any atom is -0.397 e. The Labute approximate surface area is 79.2 Å². The monoisotopic (exact) mass is 258 g/mol. The van der Waals surface area contributed by atoms with Crippen molar-refractivity contribution >= 4 is 28.3 Å². The number of hydrogen-bond donors (Lipinski definition) is 1. The fourth-order valence-corrected chi connectivity index (χ4v) is 1.40. The third-order valence-corrected chi connectivity index (χ3v) is 2.42. The van der Waals surface area contributed by atoms with Crippen molar-refractivity contribution in [2.75, 3.05) is 5.73 Å². The first-order valence-corrected chi connectivity index (χ1v) is 4.19. The smallest absolute Gasteiger partial charge is 0.102 e. The van der Waals surface area contributed by atoms with Crippen LogP contribution in [-0.4, -0.2) is 0 Å². The first-order valence-electron chi connectivity index (χ1n) is 3.11. The summed E-state index contributed by atoms with van der Waals surface area (Å²) in [5, 5.41) is 8.69. The molecular weight excluding hydrogens is 251 g/mol. The van der Waals surface area contributed by atoms with Crippen LogP contribution in [0.1, 0.15) is 11.1 Å². The third kappa shape index (κ3) is 1.46. The highest BCUT2D eigenvalue weighted by molar-refractivity contribution is 14.1. The van der Waals surface area contributed by atoms with Gasteiger partial charge in [0, 0.05) is 3.57 Å². The van der Waals surface area contributed by atoms with Crippen LogP contribution in [0.2, 0.25) is 0 Å². The molecule has 0 saturated heterocycles. The molecule has 0 heterocycles. The van der Waals surface area contributed by atoms with Crippen LogP contribution < -0.4 is 5.73 Å². The number of hydrogen-bond acceptors (Lipinski definition) is 2. The van der Waals surface area contributed by atoms with Crippen LogP contribution in [0, 0.1) is 21.8 Å². The molecular formula is C8H7IN2. The third-order valence-electron chi connectivity index (χ3n) is 1.52. The standard InChI is InChI=1S/C8H7IN2/c1-5-2-3-7(9)6(4-10)8(5)11/h2-3H,11H2,1H3. The number of rotatable bonds is 0. The molecule has 0 aliphatic carbocycles. The average Bonchev–Trinajstić information content (AvgIpc) is 1.99. The second-order valence-corrected chi connectivity index (χ2v) is 3.43. The van der Waals surface area contributed by atoms with Crippen LogP contribution in [0.4, 0.5) is 5.69 Å². The van der Waals surface area contributed by atoms with Gasteiger partial charge in [0.05, 0.1) is 11.3 Å². The largest absolute Gasteiger partial charge is 0.397 e. The molecule has 3 heteroatoms. The van der Waals surface area contributed by atoms with E-state index in [2.05, 4.69) is 28.7 Å². The van der Waals surface area contributed by atoms with E-state index in [1.165, 1.54) is 0 Å². The van der Waals surface area contributed by atoms with Crippen molar-refractivity contribution in [2.24, 2.45) is 0 Å². The summed E-state index contributed by atoms with van der Waals surface area (Å²) >= 11 is 2.10. The fourth-order valence-electron chi connectivity index (χ4n) is 0.811. The molecule has 0 radical (unpaired) electrons. The number of nitrogens with two attached hydrogens (primary N) is 1. The van der Waals surface area contributed by atoms with Gasteiger partial charge in [-0.1, -0.05) is 6.07 Å². The van der Waals surface area contributed by atoms with E-state index in [9.17, 15) is 0 Å². The summed E-state index contributed by atoms with van der Waals surface area (Å²) in [7, 11) is 0. The lowest BCUT2D eigenvalue weighted by atomic mass is 10.1. The maximum Gasteiger partial charge on any atom is 0.102 e. The van der Waals surface area contributed by atoms with E-state index in [4.69, 9.17) is 11.0 Å². The Kier molecular flexibility index (Phi) is 2.35. The second-order valence-electron chi connectivity index (χ2n) is 2.26. The summed E-state index contributed by atoms with van der Waals surface area (Å²) in [6.07, 6.45) is 0. The minimum absolute atomic E-state index is 0.589. The molecule has 0 atom stereocenters. The maximum atomic E-state index is 8.69. The van der Waals surface area contributed by atoms with Crippen molar-refractivity contribution in [2.45, 2.75) is 6.92 Å². The molecule has 2 nitrogen and oxygen atoms in total. The molecule has 11 heavy (non-hydrogen) atoms. The highest BCUT2D eigenvalue weighted by Crippen LogP contribution is 2.21. The molecule has 0 bridgehead atoms. The van der Waals surface area contributed by atoms with Crippen molar-refractivity contribution in [3.05, 3.63) is 26.8 Å². The van der Waals surface area contributed by atoms with Crippen molar-refractivity contribution in [3.63, 3.8) is 0 Å². The molecule has 0 aliphatic rings. The summed E-state index contributed by atoms with van der Waals surface area (Å²) in [6, 6.07) is 5.88. The van der Waals surface area contributed by atoms with Gasteiger partial charge in [-0.3, -0.25) is 0 Å². The lowest BCUT2D eigenvalue weighted by molar-refractivity contribution is 1.40. The molecule has 0 saturated carbocycles. The van der Waals surface area contributed by atoms with Crippen molar-refractivity contribution in [1.29, 1.82) is 5.26 Å². The predicted octanol–water partition coefficient (Wildman–Crippen LogP) is 2.05. The first kappa shape index (κ1) is 8.34. The summed E-state index contributed by atoms with van der Waals surface area (Å²) in [5.41, 5.74) is 7.81. The van der Waals surface area contributed by atoms with Crippen LogP contribution in [0.25, 0.3) is 0 Å². The molecule has 0 aliphatic heterocycles. The molecule has 1 aromatic carbocycles. The van der Waals surface area contributed by atoms with Gasteiger partial charge < -0.3 is 5.73 Å². The average molecular weight is 258 g/mol. The maximum absolute atomic E-state index is 8.69. The van der Waals surface area contributed by atoms with Gasteiger partial charge in [0.15, 0.2) is 0 Å². The van der Waals surface area contributed by atoms with E-state index in [1.807, 2.05) is 19.1 Å². The second kappa shape index (κ2) is 3.09. The van der Waals surface area contributed by atoms with E-state index in [-0.39, 0.29) is 0 Å². The summed E-state index contributed by atoms with van der Waals surface area (Å²) < 4.78 is 0.910. The first-order chi connectivity index (χ1) is 5.16. The number of nitriles is 1. The Morgan fingerprint density at radius 3 is 2.64 bits per heavy atom. The van der Waals surface area contributed by atoms with Crippen LogP contribution in [-0.2, 0) is 0 Å². The summed E-state index contributed by atoms with van der Waals surface area (Å²) in [5.74, 6) is 0. The molecule has 0 amide bonds. The van der Waals surface area contributed by atoms with Crippen LogP contribution in [0.5, 0.6) is 0 Å². The number of benzene rings is 1. The Hall–Kier alpha value is -0.760.